The number of hydrogen-bond acceptors (Lipinski definition) is 2. The molecule has 72 valence electrons. The summed E-state index contributed by atoms with van der Waals surface area (Å²) in [6.07, 6.45) is 0.222. The third-order valence-corrected chi connectivity index (χ3v) is 1.66. The van der Waals surface area contributed by atoms with Crippen LogP contribution in [0.5, 0.6) is 5.75 Å². The lowest BCUT2D eigenvalue weighted by Gasteiger charge is -1.87. The monoisotopic (exact) mass is 246 g/mol. The highest BCUT2D eigenvalue weighted by molar-refractivity contribution is 9.10. The predicted molar refractivity (Wildman–Crippen MR) is 53.7 cm³/mol. The van der Waals surface area contributed by atoms with Crippen molar-refractivity contribution in [1.29, 1.82) is 0 Å². The smallest absolute Gasteiger partial charge is 0.303 e. The third kappa shape index (κ3) is 7.33. The molecule has 1 aromatic rings. The lowest BCUT2D eigenvalue weighted by molar-refractivity contribution is -0.136. The van der Waals surface area contributed by atoms with E-state index in [4.69, 9.17) is 10.2 Å². The van der Waals surface area contributed by atoms with Gasteiger partial charge in [-0.15, -0.1) is 0 Å². The summed E-state index contributed by atoms with van der Waals surface area (Å²) < 4.78 is 0.982. The molecule has 0 aliphatic carbocycles. The zero-order valence-corrected chi connectivity index (χ0v) is 8.78. The third-order valence-electron chi connectivity index (χ3n) is 1.13. The minimum Gasteiger partial charge on any atom is -0.508 e. The second kappa shape index (κ2) is 6.48. The van der Waals surface area contributed by atoms with Crippen molar-refractivity contribution < 1.29 is 15.0 Å². The molecule has 0 fully saturated rings. The molecule has 1 aromatic carbocycles. The highest BCUT2D eigenvalue weighted by atomic mass is 79.9. The molecular weight excluding hydrogens is 236 g/mol. The number of rotatable bonds is 1. The van der Waals surface area contributed by atoms with Crippen molar-refractivity contribution in [3.05, 3.63) is 28.7 Å². The minimum absolute atomic E-state index is 0.222. The molecule has 0 atom stereocenters. The molecule has 0 aromatic heterocycles. The molecule has 1 rings (SSSR count). The number of hydrogen-bond donors (Lipinski definition) is 2. The van der Waals surface area contributed by atoms with Gasteiger partial charge in [0.25, 0.3) is 0 Å². The van der Waals surface area contributed by atoms with Gasteiger partial charge in [-0.3, -0.25) is 4.79 Å². The average molecular weight is 247 g/mol. The second-order valence-corrected chi connectivity index (χ2v) is 3.14. The van der Waals surface area contributed by atoms with E-state index in [9.17, 15) is 4.79 Å². The average Bonchev–Trinajstić information content (AvgIpc) is 2.11. The molecule has 0 heterocycles. The summed E-state index contributed by atoms with van der Waals surface area (Å²) in [7, 11) is 0. The van der Waals surface area contributed by atoms with Crippen LogP contribution in [0.15, 0.2) is 28.7 Å². The molecule has 13 heavy (non-hydrogen) atoms. The Morgan fingerprint density at radius 1 is 1.38 bits per heavy atom. The van der Waals surface area contributed by atoms with E-state index >= 15 is 0 Å². The van der Waals surface area contributed by atoms with Crippen molar-refractivity contribution >= 4 is 21.9 Å². The van der Waals surface area contributed by atoms with E-state index in [1.165, 1.54) is 0 Å². The first-order chi connectivity index (χ1) is 6.06. The predicted octanol–water partition coefficient (Wildman–Crippen LogP) is 2.64. The number of carbonyl (C=O) groups is 1. The molecule has 0 saturated carbocycles. The van der Waals surface area contributed by atoms with Crippen molar-refractivity contribution in [2.75, 3.05) is 0 Å². The summed E-state index contributed by atoms with van der Waals surface area (Å²) >= 11 is 3.23. The van der Waals surface area contributed by atoms with Gasteiger partial charge in [-0.2, -0.15) is 0 Å². The molecule has 0 saturated heterocycles. The van der Waals surface area contributed by atoms with E-state index in [1.807, 2.05) is 0 Å². The second-order valence-electron chi connectivity index (χ2n) is 2.22. The first kappa shape index (κ1) is 12.0. The Hall–Kier alpha value is -1.03. The Morgan fingerprint density at radius 2 is 1.77 bits per heavy atom. The number of benzene rings is 1. The fourth-order valence-corrected chi connectivity index (χ4v) is 0.705. The van der Waals surface area contributed by atoms with Crippen LogP contribution in [-0.2, 0) is 4.79 Å². The molecule has 0 unspecified atom stereocenters. The van der Waals surface area contributed by atoms with E-state index < -0.39 is 5.97 Å². The summed E-state index contributed by atoms with van der Waals surface area (Å²) in [6.45, 7) is 1.60. The Bertz CT molecular complexity index is 235. The van der Waals surface area contributed by atoms with Crippen LogP contribution in [0, 0.1) is 0 Å². The molecule has 0 bridgehead atoms. The van der Waals surface area contributed by atoms with Crippen LogP contribution in [-0.4, -0.2) is 16.2 Å². The van der Waals surface area contributed by atoms with Gasteiger partial charge in [0.15, 0.2) is 0 Å². The number of halogens is 1. The summed E-state index contributed by atoms with van der Waals surface area (Å²) in [5, 5.41) is 16.5. The van der Waals surface area contributed by atoms with Gasteiger partial charge in [-0.1, -0.05) is 22.9 Å². The van der Waals surface area contributed by atoms with Crippen LogP contribution in [0.4, 0.5) is 0 Å². The van der Waals surface area contributed by atoms with Gasteiger partial charge >= 0.3 is 5.97 Å². The molecule has 0 amide bonds. The number of carboxylic acids is 1. The van der Waals surface area contributed by atoms with E-state index in [0.717, 1.165) is 4.47 Å². The van der Waals surface area contributed by atoms with Crippen LogP contribution in [0.3, 0.4) is 0 Å². The molecule has 4 heteroatoms. The maximum Gasteiger partial charge on any atom is 0.303 e. The largest absolute Gasteiger partial charge is 0.508 e. The normalized spacial score (nSPS) is 8.46. The van der Waals surface area contributed by atoms with Crippen molar-refractivity contribution in [3.8, 4) is 5.75 Å². The Labute approximate surface area is 85.1 Å². The zero-order valence-electron chi connectivity index (χ0n) is 7.20. The quantitative estimate of drug-likeness (QED) is 0.801. The van der Waals surface area contributed by atoms with Crippen molar-refractivity contribution in [2.24, 2.45) is 0 Å². The van der Waals surface area contributed by atoms with Crippen LogP contribution < -0.4 is 0 Å². The summed E-state index contributed by atoms with van der Waals surface area (Å²) in [4.78, 5) is 9.37. The Kier molecular flexibility index (Phi) is 5.97. The van der Waals surface area contributed by atoms with E-state index in [0.29, 0.717) is 5.75 Å². The summed E-state index contributed by atoms with van der Waals surface area (Å²) in [6, 6.07) is 6.83. The lowest BCUT2D eigenvalue weighted by atomic mass is 10.3. The highest BCUT2D eigenvalue weighted by Gasteiger charge is 1.83. The summed E-state index contributed by atoms with van der Waals surface area (Å²) in [5.41, 5.74) is 0. The maximum atomic E-state index is 9.37. The molecule has 0 spiro atoms. The van der Waals surface area contributed by atoms with Gasteiger partial charge < -0.3 is 10.2 Å². The van der Waals surface area contributed by atoms with Gasteiger partial charge in [0.05, 0.1) is 0 Å². The Balaban J connectivity index is 0.000000252. The molecule has 2 N–H and O–H groups in total. The van der Waals surface area contributed by atoms with Crippen LogP contribution in [0.1, 0.15) is 13.3 Å². The van der Waals surface area contributed by atoms with E-state index in [1.54, 1.807) is 31.2 Å². The van der Waals surface area contributed by atoms with Crippen molar-refractivity contribution in [2.45, 2.75) is 13.3 Å². The molecule has 0 aliphatic rings. The van der Waals surface area contributed by atoms with Crippen LogP contribution in [0.2, 0.25) is 0 Å². The Morgan fingerprint density at radius 3 is 2.00 bits per heavy atom. The van der Waals surface area contributed by atoms with Gasteiger partial charge in [-0.05, 0) is 24.3 Å². The highest BCUT2D eigenvalue weighted by Crippen LogP contribution is 2.13. The number of aliphatic carboxylic acids is 1. The van der Waals surface area contributed by atoms with Gasteiger partial charge in [0, 0.05) is 10.9 Å². The molecule has 0 radical (unpaired) electrons. The van der Waals surface area contributed by atoms with Crippen LogP contribution >= 0.6 is 15.9 Å². The minimum atomic E-state index is -0.745. The van der Waals surface area contributed by atoms with Gasteiger partial charge in [-0.25, -0.2) is 0 Å². The number of phenols is 1. The number of aromatic hydroxyl groups is 1. The lowest BCUT2D eigenvalue weighted by Crippen LogP contribution is -1.86. The fraction of sp³-hybridized carbons (Fsp3) is 0.222. The maximum absolute atomic E-state index is 9.37. The van der Waals surface area contributed by atoms with Crippen molar-refractivity contribution in [1.82, 2.24) is 0 Å². The molecular formula is C9H11BrO3. The van der Waals surface area contributed by atoms with Crippen molar-refractivity contribution in [3.63, 3.8) is 0 Å². The first-order valence-corrected chi connectivity index (χ1v) is 4.52. The standard InChI is InChI=1S/C6H5BrO.C3H6O2/c7-5-1-3-6(8)4-2-5;1-2-3(4)5/h1-4,8H;2H2,1H3,(H,4,5). The SMILES string of the molecule is CCC(=O)O.Oc1ccc(Br)cc1. The number of phenolic OH excluding ortho intramolecular Hbond substituents is 1. The van der Waals surface area contributed by atoms with Crippen LogP contribution in [0.25, 0.3) is 0 Å². The zero-order chi connectivity index (χ0) is 10.3. The molecule has 3 nitrogen and oxygen atoms in total. The fourth-order valence-electron chi connectivity index (χ4n) is 0.441. The number of carboxylic acid groups (broad SMARTS) is 1. The topological polar surface area (TPSA) is 57.5 Å². The first-order valence-electron chi connectivity index (χ1n) is 3.72. The van der Waals surface area contributed by atoms with E-state index in [2.05, 4.69) is 15.9 Å². The molecule has 0 aliphatic heterocycles. The summed E-state index contributed by atoms with van der Waals surface area (Å²) in [5.74, 6) is -0.446. The van der Waals surface area contributed by atoms with E-state index in [-0.39, 0.29) is 6.42 Å². The van der Waals surface area contributed by atoms with Gasteiger partial charge in [0.1, 0.15) is 5.75 Å². The van der Waals surface area contributed by atoms with Gasteiger partial charge in [0.2, 0.25) is 0 Å².